The summed E-state index contributed by atoms with van der Waals surface area (Å²) in [6, 6.07) is 0. The van der Waals surface area contributed by atoms with Crippen molar-refractivity contribution >= 4 is 16.9 Å². The Morgan fingerprint density at radius 2 is 2.00 bits per heavy atom. The summed E-state index contributed by atoms with van der Waals surface area (Å²) < 4.78 is 0. The molecule has 0 aliphatic heterocycles. The topological polar surface area (TPSA) is 0 Å². The number of hydrogen-bond acceptors (Lipinski definition) is 0. The van der Waals surface area contributed by atoms with Gasteiger partial charge in [0.2, 0.25) is 0 Å². The van der Waals surface area contributed by atoms with Crippen molar-refractivity contribution in [1.82, 2.24) is 0 Å². The molecule has 6 heavy (non-hydrogen) atoms. The summed E-state index contributed by atoms with van der Waals surface area (Å²) in [5.41, 5.74) is 0. The summed E-state index contributed by atoms with van der Waals surface area (Å²) in [5.74, 6) is 0. The van der Waals surface area contributed by atoms with Crippen molar-refractivity contribution in [1.29, 1.82) is 0 Å². The second kappa shape index (κ2) is 5.56. The maximum absolute atomic E-state index is 2.24. The molecule has 0 aliphatic rings. The molecule has 38 valence electrons. The zero-order valence-electron chi connectivity index (χ0n) is 4.41. The molecular weight excluding hydrogens is 135 g/mol. The van der Waals surface area contributed by atoms with Gasteiger partial charge in [0.15, 0.2) is 0 Å². The molecule has 0 aromatic rings. The first-order chi connectivity index (χ1) is 2.91. The summed E-state index contributed by atoms with van der Waals surface area (Å²) in [6.45, 7) is 2.24. The van der Waals surface area contributed by atoms with Gasteiger partial charge in [-0.2, -0.15) is 0 Å². The summed E-state index contributed by atoms with van der Waals surface area (Å²) in [6.07, 6.45) is 4.23. The summed E-state index contributed by atoms with van der Waals surface area (Å²) >= 11 is 1.86. The first-order valence-corrected chi connectivity index (χ1v) is 4.33. The molecule has 0 bridgehead atoms. The van der Waals surface area contributed by atoms with Gasteiger partial charge in [0.25, 0.3) is 0 Å². The third-order valence-electron chi connectivity index (χ3n) is 0.808. The minimum atomic E-state index is 1.36. The average molecular weight is 148 g/mol. The SMILES string of the molecule is CCCCC[AsH2]. The standard InChI is InChI=1S/C5H13As/c1-2-3-4-5-6/h2-6H2,1H3. The molecule has 0 saturated carbocycles. The van der Waals surface area contributed by atoms with Gasteiger partial charge in [-0.15, -0.1) is 0 Å². The van der Waals surface area contributed by atoms with Gasteiger partial charge < -0.3 is 0 Å². The molecule has 1 heteroatoms. The van der Waals surface area contributed by atoms with Gasteiger partial charge in [0.1, 0.15) is 0 Å². The monoisotopic (exact) mass is 148 g/mol. The van der Waals surface area contributed by atoms with E-state index in [0.29, 0.717) is 0 Å². The van der Waals surface area contributed by atoms with Crippen LogP contribution in [0.15, 0.2) is 0 Å². The van der Waals surface area contributed by atoms with Crippen molar-refractivity contribution in [3.63, 3.8) is 0 Å². The molecule has 0 aliphatic carbocycles. The van der Waals surface area contributed by atoms with Crippen LogP contribution >= 0.6 is 0 Å². The fraction of sp³-hybridized carbons (Fsp3) is 1.00. The second-order valence-corrected chi connectivity index (χ2v) is 2.71. The second-order valence-electron chi connectivity index (χ2n) is 1.50. The minimum absolute atomic E-state index is 1.36. The first-order valence-electron chi connectivity index (χ1n) is 2.62. The van der Waals surface area contributed by atoms with Crippen LogP contribution < -0.4 is 0 Å². The Labute approximate surface area is 48.8 Å². The van der Waals surface area contributed by atoms with E-state index < -0.39 is 0 Å². The normalized spacial score (nSPS) is 9.00. The Morgan fingerprint density at radius 3 is 2.17 bits per heavy atom. The van der Waals surface area contributed by atoms with Crippen LogP contribution in [0, 0.1) is 0 Å². The fourth-order valence-electron chi connectivity index (χ4n) is 0.394. The van der Waals surface area contributed by atoms with Crippen LogP contribution in [0.4, 0.5) is 0 Å². The molecule has 0 fully saturated rings. The molecule has 0 aromatic carbocycles. The number of rotatable bonds is 3. The Bertz CT molecular complexity index is 15.9. The molecule has 0 rings (SSSR count). The molecule has 0 aromatic heterocycles. The Hall–Kier alpha value is 0.558. The molecule has 0 amide bonds. The van der Waals surface area contributed by atoms with E-state index in [1.165, 1.54) is 24.5 Å². The van der Waals surface area contributed by atoms with E-state index in [1.54, 1.807) is 0 Å². The third-order valence-corrected chi connectivity index (χ3v) is 1.66. The summed E-state index contributed by atoms with van der Waals surface area (Å²) in [4.78, 5) is 0. The third kappa shape index (κ3) is 4.56. The summed E-state index contributed by atoms with van der Waals surface area (Å²) in [7, 11) is 0. The van der Waals surface area contributed by atoms with E-state index in [2.05, 4.69) is 6.92 Å². The van der Waals surface area contributed by atoms with E-state index in [4.69, 9.17) is 0 Å². The van der Waals surface area contributed by atoms with Crippen LogP contribution in [0.1, 0.15) is 26.2 Å². The Kier molecular flexibility index (Phi) is 6.08. The quantitative estimate of drug-likeness (QED) is 0.417. The predicted molar refractivity (Wildman–Crippen MR) is 32.9 cm³/mol. The summed E-state index contributed by atoms with van der Waals surface area (Å²) in [5, 5.41) is 1.42. The molecule has 0 radical (unpaired) electrons. The van der Waals surface area contributed by atoms with Gasteiger partial charge in [0, 0.05) is 0 Å². The molecular formula is C5H13As. The van der Waals surface area contributed by atoms with Gasteiger partial charge >= 0.3 is 48.2 Å². The molecule has 0 nitrogen and oxygen atoms in total. The van der Waals surface area contributed by atoms with Crippen molar-refractivity contribution < 1.29 is 0 Å². The molecule has 1 atom stereocenters. The number of hydrogen-bond donors (Lipinski definition) is 0. The van der Waals surface area contributed by atoms with Crippen molar-refractivity contribution in [2.75, 3.05) is 0 Å². The van der Waals surface area contributed by atoms with Gasteiger partial charge in [-0.1, -0.05) is 0 Å². The average Bonchev–Trinajstić information content (AvgIpc) is 1.61. The van der Waals surface area contributed by atoms with Crippen molar-refractivity contribution in [3.8, 4) is 0 Å². The molecule has 0 N–H and O–H groups in total. The van der Waals surface area contributed by atoms with E-state index in [9.17, 15) is 0 Å². The van der Waals surface area contributed by atoms with E-state index >= 15 is 0 Å². The fourth-order valence-corrected chi connectivity index (χ4v) is 1.000. The zero-order valence-corrected chi connectivity index (χ0v) is 6.83. The zero-order chi connectivity index (χ0) is 4.83. The molecule has 0 heterocycles. The maximum atomic E-state index is 2.24. The Balaban J connectivity index is 2.34. The van der Waals surface area contributed by atoms with Crippen LogP contribution in [0.2, 0.25) is 5.21 Å². The molecule has 0 spiro atoms. The first kappa shape index (κ1) is 6.56. The van der Waals surface area contributed by atoms with Gasteiger partial charge in [-0.3, -0.25) is 0 Å². The van der Waals surface area contributed by atoms with Crippen LogP contribution in [-0.2, 0) is 0 Å². The predicted octanol–water partition coefficient (Wildman–Crippen LogP) is 1.23. The van der Waals surface area contributed by atoms with Gasteiger partial charge in [-0.05, 0) is 0 Å². The van der Waals surface area contributed by atoms with Crippen LogP contribution in [0.5, 0.6) is 0 Å². The van der Waals surface area contributed by atoms with Crippen LogP contribution in [0.3, 0.4) is 0 Å². The van der Waals surface area contributed by atoms with Gasteiger partial charge in [0.05, 0.1) is 0 Å². The van der Waals surface area contributed by atoms with E-state index in [-0.39, 0.29) is 0 Å². The van der Waals surface area contributed by atoms with Gasteiger partial charge in [-0.25, -0.2) is 0 Å². The van der Waals surface area contributed by atoms with Crippen LogP contribution in [0.25, 0.3) is 0 Å². The van der Waals surface area contributed by atoms with E-state index in [0.717, 1.165) is 0 Å². The molecule has 1 unspecified atom stereocenters. The molecule has 0 saturated heterocycles. The van der Waals surface area contributed by atoms with E-state index in [1.807, 2.05) is 16.9 Å². The van der Waals surface area contributed by atoms with Crippen molar-refractivity contribution in [2.24, 2.45) is 0 Å². The number of unbranched alkanes of at least 4 members (excludes halogenated alkanes) is 2. The van der Waals surface area contributed by atoms with Crippen molar-refractivity contribution in [3.05, 3.63) is 0 Å². The van der Waals surface area contributed by atoms with Crippen molar-refractivity contribution in [2.45, 2.75) is 31.4 Å². The van der Waals surface area contributed by atoms with Crippen LogP contribution in [-0.4, -0.2) is 16.9 Å². The Morgan fingerprint density at radius 1 is 1.33 bits per heavy atom.